The Morgan fingerprint density at radius 3 is 2.31 bits per heavy atom. The molecule has 0 radical (unpaired) electrons. The lowest BCUT2D eigenvalue weighted by Crippen LogP contribution is -2.42. The standard InChI is InChI=1S/C20H18N2O6S/c1-14(20(23)24)21(13-15-9-11-17(12-10-15)22(25)26)29(27,28)19-8-4-6-16-5-2-3-7-18(16)19/h2-12,14H,13H2,1H3,(H,23,24)/t14-/m0/s1. The molecule has 0 bridgehead atoms. The molecule has 0 amide bonds. The summed E-state index contributed by atoms with van der Waals surface area (Å²) < 4.78 is 27.7. The summed E-state index contributed by atoms with van der Waals surface area (Å²) >= 11 is 0. The molecule has 0 fully saturated rings. The van der Waals surface area contributed by atoms with Crippen LogP contribution in [0.3, 0.4) is 0 Å². The SMILES string of the molecule is C[C@@H](C(=O)O)N(Cc1ccc([N+](=O)[O-])cc1)S(=O)(=O)c1cccc2ccccc12. The van der Waals surface area contributed by atoms with E-state index < -0.39 is 27.0 Å². The minimum absolute atomic E-state index is 0.00520. The number of nitro groups is 1. The van der Waals surface area contributed by atoms with Gasteiger partial charge in [-0.2, -0.15) is 4.31 Å². The van der Waals surface area contributed by atoms with E-state index in [9.17, 15) is 28.4 Å². The van der Waals surface area contributed by atoms with Gasteiger partial charge < -0.3 is 5.11 Å². The van der Waals surface area contributed by atoms with Gasteiger partial charge >= 0.3 is 5.97 Å². The highest BCUT2D eigenvalue weighted by molar-refractivity contribution is 7.89. The Labute approximate surface area is 167 Å². The number of carboxylic acid groups (broad SMARTS) is 1. The fourth-order valence-corrected chi connectivity index (χ4v) is 4.80. The van der Waals surface area contributed by atoms with E-state index in [0.29, 0.717) is 16.3 Å². The van der Waals surface area contributed by atoms with E-state index in [1.807, 2.05) is 0 Å². The maximum absolute atomic E-state index is 13.4. The monoisotopic (exact) mass is 414 g/mol. The Morgan fingerprint density at radius 2 is 1.69 bits per heavy atom. The smallest absolute Gasteiger partial charge is 0.321 e. The normalized spacial score (nSPS) is 12.8. The highest BCUT2D eigenvalue weighted by Crippen LogP contribution is 2.28. The van der Waals surface area contributed by atoms with Crippen molar-refractivity contribution in [1.82, 2.24) is 4.31 Å². The lowest BCUT2D eigenvalue weighted by molar-refractivity contribution is -0.384. The highest BCUT2D eigenvalue weighted by Gasteiger charge is 2.34. The van der Waals surface area contributed by atoms with Crippen molar-refractivity contribution in [2.24, 2.45) is 0 Å². The molecule has 8 nitrogen and oxygen atoms in total. The second-order valence-electron chi connectivity index (χ2n) is 6.47. The molecule has 0 spiro atoms. The lowest BCUT2D eigenvalue weighted by atomic mass is 10.1. The number of rotatable bonds is 7. The number of aliphatic carboxylic acids is 1. The van der Waals surface area contributed by atoms with E-state index in [-0.39, 0.29) is 17.1 Å². The number of sulfonamides is 1. The van der Waals surface area contributed by atoms with Crippen molar-refractivity contribution in [3.8, 4) is 0 Å². The quantitative estimate of drug-likeness (QED) is 0.468. The molecule has 3 aromatic rings. The first-order valence-electron chi connectivity index (χ1n) is 8.67. The van der Waals surface area contributed by atoms with Crippen molar-refractivity contribution in [1.29, 1.82) is 0 Å². The van der Waals surface area contributed by atoms with Crippen LogP contribution in [0.25, 0.3) is 10.8 Å². The van der Waals surface area contributed by atoms with Crippen LogP contribution in [0.5, 0.6) is 0 Å². The van der Waals surface area contributed by atoms with Gasteiger partial charge in [0.15, 0.2) is 0 Å². The number of hydrogen-bond acceptors (Lipinski definition) is 5. The van der Waals surface area contributed by atoms with Gasteiger partial charge in [0.1, 0.15) is 6.04 Å². The van der Waals surface area contributed by atoms with Crippen molar-refractivity contribution < 1.29 is 23.2 Å². The van der Waals surface area contributed by atoms with E-state index in [1.54, 1.807) is 36.4 Å². The van der Waals surface area contributed by atoms with E-state index in [4.69, 9.17) is 0 Å². The van der Waals surface area contributed by atoms with Crippen LogP contribution in [-0.2, 0) is 21.4 Å². The number of carbonyl (C=O) groups is 1. The van der Waals surface area contributed by atoms with Crippen LogP contribution in [0.4, 0.5) is 5.69 Å². The first-order chi connectivity index (χ1) is 13.7. The molecule has 0 aliphatic heterocycles. The molecule has 0 aliphatic carbocycles. The number of fused-ring (bicyclic) bond motifs is 1. The van der Waals surface area contributed by atoms with Crippen LogP contribution in [0.15, 0.2) is 71.6 Å². The summed E-state index contributed by atoms with van der Waals surface area (Å²) in [7, 11) is -4.18. The summed E-state index contributed by atoms with van der Waals surface area (Å²) in [5, 5.41) is 21.5. The predicted molar refractivity (Wildman–Crippen MR) is 107 cm³/mol. The summed E-state index contributed by atoms with van der Waals surface area (Å²) in [4.78, 5) is 21.9. The summed E-state index contributed by atoms with van der Waals surface area (Å²) in [5.41, 5.74) is 0.302. The first kappa shape index (κ1) is 20.4. The van der Waals surface area contributed by atoms with Gasteiger partial charge in [0.2, 0.25) is 10.0 Å². The maximum atomic E-state index is 13.4. The van der Waals surface area contributed by atoms with Crippen LogP contribution in [0.2, 0.25) is 0 Å². The average Bonchev–Trinajstić information content (AvgIpc) is 2.71. The molecular weight excluding hydrogens is 396 g/mol. The second-order valence-corrected chi connectivity index (χ2v) is 8.32. The Balaban J connectivity index is 2.08. The lowest BCUT2D eigenvalue weighted by Gasteiger charge is -2.26. The minimum atomic E-state index is -4.18. The fourth-order valence-electron chi connectivity index (χ4n) is 3.00. The van der Waals surface area contributed by atoms with Crippen LogP contribution < -0.4 is 0 Å². The van der Waals surface area contributed by atoms with Crippen LogP contribution >= 0.6 is 0 Å². The number of non-ortho nitro benzene ring substituents is 1. The minimum Gasteiger partial charge on any atom is -0.480 e. The molecule has 1 N–H and O–H groups in total. The van der Waals surface area contributed by atoms with Crippen molar-refractivity contribution >= 4 is 32.5 Å². The maximum Gasteiger partial charge on any atom is 0.321 e. The van der Waals surface area contributed by atoms with Crippen molar-refractivity contribution in [2.45, 2.75) is 24.4 Å². The molecule has 1 atom stereocenters. The van der Waals surface area contributed by atoms with E-state index in [1.165, 1.54) is 37.3 Å². The zero-order valence-corrected chi connectivity index (χ0v) is 16.2. The third-order valence-electron chi connectivity index (χ3n) is 4.61. The van der Waals surface area contributed by atoms with Gasteiger partial charge in [0.25, 0.3) is 5.69 Å². The molecule has 9 heteroatoms. The molecule has 0 heterocycles. The average molecular weight is 414 g/mol. The molecule has 0 saturated heterocycles. The Hall–Kier alpha value is -3.30. The van der Waals surface area contributed by atoms with Gasteiger partial charge in [-0.05, 0) is 23.9 Å². The molecule has 0 aromatic heterocycles. The molecule has 150 valence electrons. The van der Waals surface area contributed by atoms with Crippen LogP contribution in [-0.4, -0.2) is 34.8 Å². The van der Waals surface area contributed by atoms with Crippen LogP contribution in [0.1, 0.15) is 12.5 Å². The van der Waals surface area contributed by atoms with Gasteiger partial charge in [-0.1, -0.05) is 48.5 Å². The van der Waals surface area contributed by atoms with Crippen LogP contribution in [0, 0.1) is 10.1 Å². The summed E-state index contributed by atoms with van der Waals surface area (Å²) in [5.74, 6) is -1.30. The number of benzene rings is 3. The van der Waals surface area contributed by atoms with E-state index in [0.717, 1.165) is 4.31 Å². The number of nitrogens with zero attached hydrogens (tertiary/aromatic N) is 2. The van der Waals surface area contributed by atoms with E-state index >= 15 is 0 Å². The number of hydrogen-bond donors (Lipinski definition) is 1. The molecule has 29 heavy (non-hydrogen) atoms. The van der Waals surface area contributed by atoms with E-state index in [2.05, 4.69) is 0 Å². The molecule has 0 unspecified atom stereocenters. The zero-order valence-electron chi connectivity index (χ0n) is 15.4. The topological polar surface area (TPSA) is 118 Å². The third kappa shape index (κ3) is 4.10. The van der Waals surface area contributed by atoms with Crippen molar-refractivity contribution in [3.63, 3.8) is 0 Å². The largest absolute Gasteiger partial charge is 0.480 e. The zero-order chi connectivity index (χ0) is 21.2. The molecule has 0 saturated carbocycles. The van der Waals surface area contributed by atoms with Gasteiger partial charge in [0.05, 0.1) is 9.82 Å². The Kier molecular flexibility index (Phi) is 5.62. The summed E-state index contributed by atoms with van der Waals surface area (Å²) in [6, 6.07) is 15.7. The van der Waals surface area contributed by atoms with Gasteiger partial charge in [-0.25, -0.2) is 8.42 Å². The molecule has 0 aliphatic rings. The van der Waals surface area contributed by atoms with Crippen molar-refractivity contribution in [3.05, 3.63) is 82.4 Å². The van der Waals surface area contributed by atoms with Gasteiger partial charge in [-0.3, -0.25) is 14.9 Å². The Bertz CT molecular complexity index is 1170. The molecule has 3 rings (SSSR count). The molecular formula is C20H18N2O6S. The predicted octanol–water partition coefficient (Wildman–Crippen LogP) is 3.41. The first-order valence-corrected chi connectivity index (χ1v) is 10.1. The molecule has 3 aromatic carbocycles. The fraction of sp³-hybridized carbons (Fsp3) is 0.150. The number of nitro benzene ring substituents is 1. The summed E-state index contributed by atoms with van der Waals surface area (Å²) in [6.07, 6.45) is 0. The number of carboxylic acids is 1. The van der Waals surface area contributed by atoms with Gasteiger partial charge in [0, 0.05) is 24.1 Å². The third-order valence-corrected chi connectivity index (χ3v) is 6.59. The summed E-state index contributed by atoms with van der Waals surface area (Å²) in [6.45, 7) is 1.05. The highest BCUT2D eigenvalue weighted by atomic mass is 32.2. The van der Waals surface area contributed by atoms with Gasteiger partial charge in [-0.15, -0.1) is 0 Å². The second kappa shape index (κ2) is 7.98. The Morgan fingerprint density at radius 1 is 1.07 bits per heavy atom. The van der Waals surface area contributed by atoms with Crippen molar-refractivity contribution in [2.75, 3.05) is 0 Å².